The summed E-state index contributed by atoms with van der Waals surface area (Å²) in [6.07, 6.45) is 0.174. The number of amides is 2. The normalized spacial score (nSPS) is 9.64. The van der Waals surface area contributed by atoms with Crippen molar-refractivity contribution in [3.63, 3.8) is 0 Å². The van der Waals surface area contributed by atoms with Crippen molar-refractivity contribution in [2.75, 3.05) is 19.0 Å². The Kier molecular flexibility index (Phi) is 9.64. The van der Waals surface area contributed by atoms with Gasteiger partial charge in [-0.05, 0) is 18.1 Å². The molecule has 0 fully saturated rings. The van der Waals surface area contributed by atoms with Crippen molar-refractivity contribution in [3.8, 4) is 5.75 Å². The summed E-state index contributed by atoms with van der Waals surface area (Å²) < 4.78 is 4.46. The lowest BCUT2D eigenvalue weighted by Crippen LogP contribution is -2.25. The topological polar surface area (TPSA) is 217 Å². The molecule has 2 amide bonds. The standard InChI is InChI=1S/C12H16N2O3.C6H3N3O7/c1-9(15)14-11-6-4-3-5-10(11)7-8-13-12(16)17-2;10-6-4(8(13)14)1-3(7(11)12)2-5(6)9(15)16/h3-6H,7-8H2,1-2H3,(H,13,16)(H,14,15);1-2,10H. The predicted molar refractivity (Wildman–Crippen MR) is 113 cm³/mol. The maximum atomic E-state index is 11.0. The van der Waals surface area contributed by atoms with Crippen LogP contribution in [0.1, 0.15) is 12.5 Å². The molecule has 0 saturated carbocycles. The van der Waals surface area contributed by atoms with Gasteiger partial charge in [-0.25, -0.2) is 4.79 Å². The van der Waals surface area contributed by atoms with Crippen molar-refractivity contribution in [2.45, 2.75) is 13.3 Å². The largest absolute Gasteiger partial charge is 0.497 e. The number of anilines is 1. The Bertz CT molecular complexity index is 1040. The number of nitro benzene ring substituents is 3. The minimum atomic E-state index is -1.21. The second-order valence-corrected chi connectivity index (χ2v) is 6.11. The van der Waals surface area contributed by atoms with Crippen LogP contribution in [0.3, 0.4) is 0 Å². The number of carbonyl (C=O) groups is 2. The van der Waals surface area contributed by atoms with Gasteiger partial charge in [-0.1, -0.05) is 18.2 Å². The lowest BCUT2D eigenvalue weighted by atomic mass is 10.1. The zero-order valence-electron chi connectivity index (χ0n) is 17.3. The molecule has 0 unspecified atom stereocenters. The quantitative estimate of drug-likeness (QED) is 0.401. The summed E-state index contributed by atoms with van der Waals surface area (Å²) in [7, 11) is 1.32. The minimum absolute atomic E-state index is 0.113. The fraction of sp³-hybridized carbons (Fsp3) is 0.222. The molecule has 2 rings (SSSR count). The molecule has 0 aliphatic heterocycles. The zero-order chi connectivity index (χ0) is 25.1. The summed E-state index contributed by atoms with van der Waals surface area (Å²) in [5.74, 6) is -1.32. The van der Waals surface area contributed by atoms with Gasteiger partial charge in [-0.15, -0.1) is 0 Å². The molecule has 176 valence electrons. The first-order valence-electron chi connectivity index (χ1n) is 8.95. The van der Waals surface area contributed by atoms with Crippen molar-refractivity contribution >= 4 is 34.7 Å². The van der Waals surface area contributed by atoms with Gasteiger partial charge in [-0.3, -0.25) is 35.1 Å². The lowest BCUT2D eigenvalue weighted by molar-refractivity contribution is -0.404. The molecule has 2 aromatic rings. The number of methoxy groups -OCH3 is 1. The monoisotopic (exact) mass is 465 g/mol. The number of non-ortho nitro benzene ring substituents is 1. The smallest absolute Gasteiger partial charge is 0.406 e. The number of benzene rings is 2. The molecule has 0 heterocycles. The first-order chi connectivity index (χ1) is 15.5. The molecule has 0 spiro atoms. The van der Waals surface area contributed by atoms with E-state index in [9.17, 15) is 39.9 Å². The minimum Gasteiger partial charge on any atom is -0.497 e. The number of alkyl carbamates (subject to hydrolysis) is 1. The third kappa shape index (κ3) is 8.08. The number of nitrogens with one attached hydrogen (secondary N) is 2. The van der Waals surface area contributed by atoms with Crippen molar-refractivity contribution in [3.05, 3.63) is 72.3 Å². The molecule has 0 atom stereocenters. The van der Waals surface area contributed by atoms with Crippen LogP contribution in [0, 0.1) is 30.3 Å². The van der Waals surface area contributed by atoms with Gasteiger partial charge in [0.2, 0.25) is 5.91 Å². The Labute approximate surface area is 185 Å². The molecule has 0 aliphatic carbocycles. The van der Waals surface area contributed by atoms with E-state index in [4.69, 9.17) is 5.11 Å². The van der Waals surface area contributed by atoms with E-state index < -0.39 is 43.7 Å². The highest BCUT2D eigenvalue weighted by Gasteiger charge is 2.30. The van der Waals surface area contributed by atoms with E-state index in [2.05, 4.69) is 15.4 Å². The van der Waals surface area contributed by atoms with Crippen molar-refractivity contribution in [1.82, 2.24) is 5.32 Å². The Morgan fingerprint density at radius 1 is 1.00 bits per heavy atom. The van der Waals surface area contributed by atoms with Gasteiger partial charge in [0.25, 0.3) is 11.4 Å². The zero-order valence-corrected chi connectivity index (χ0v) is 17.3. The third-order valence-electron chi connectivity index (χ3n) is 3.84. The van der Waals surface area contributed by atoms with E-state index in [-0.39, 0.29) is 5.91 Å². The van der Waals surface area contributed by atoms with Crippen LogP contribution in [0.5, 0.6) is 5.75 Å². The van der Waals surface area contributed by atoms with E-state index in [1.54, 1.807) is 0 Å². The SMILES string of the molecule is COC(=O)NCCc1ccccc1NC(C)=O.O=[N+]([O-])c1cc([N+](=O)[O-])c(O)c([N+](=O)[O-])c1. The molecule has 0 saturated heterocycles. The summed E-state index contributed by atoms with van der Waals surface area (Å²) in [5.41, 5.74) is -1.26. The maximum Gasteiger partial charge on any atom is 0.406 e. The second-order valence-electron chi connectivity index (χ2n) is 6.11. The van der Waals surface area contributed by atoms with Gasteiger partial charge < -0.3 is 20.5 Å². The molecule has 15 nitrogen and oxygen atoms in total. The van der Waals surface area contributed by atoms with Crippen LogP contribution >= 0.6 is 0 Å². The first kappa shape index (κ1) is 26.2. The van der Waals surface area contributed by atoms with Crippen LogP contribution in [0.25, 0.3) is 0 Å². The van der Waals surface area contributed by atoms with Gasteiger partial charge in [0.05, 0.1) is 34.0 Å². The van der Waals surface area contributed by atoms with Crippen molar-refractivity contribution < 1.29 is 34.2 Å². The number of rotatable bonds is 7. The molecular formula is C18H19N5O10. The van der Waals surface area contributed by atoms with Crippen LogP contribution < -0.4 is 10.6 Å². The third-order valence-corrected chi connectivity index (χ3v) is 3.84. The molecular weight excluding hydrogens is 446 g/mol. The average Bonchev–Trinajstić information content (AvgIpc) is 2.74. The van der Waals surface area contributed by atoms with Crippen LogP contribution in [0.15, 0.2) is 36.4 Å². The highest BCUT2D eigenvalue weighted by Crippen LogP contribution is 2.38. The number of nitro groups is 3. The first-order valence-corrected chi connectivity index (χ1v) is 8.95. The number of nitrogens with zero attached hydrogens (tertiary/aromatic N) is 3. The van der Waals surface area contributed by atoms with Crippen LogP contribution in [-0.2, 0) is 16.0 Å². The fourth-order valence-electron chi connectivity index (χ4n) is 2.39. The summed E-state index contributed by atoms with van der Waals surface area (Å²) in [4.78, 5) is 49.6. The predicted octanol–water partition coefficient (Wildman–Crippen LogP) is 2.66. The van der Waals surface area contributed by atoms with Gasteiger partial charge in [0, 0.05) is 19.2 Å². The number of para-hydroxylation sites is 1. The second kappa shape index (κ2) is 12.1. The Morgan fingerprint density at radius 2 is 1.55 bits per heavy atom. The molecule has 0 aromatic heterocycles. The number of hydrogen-bond acceptors (Lipinski definition) is 10. The van der Waals surface area contributed by atoms with Crippen molar-refractivity contribution in [2.24, 2.45) is 0 Å². The number of hydrogen-bond donors (Lipinski definition) is 3. The van der Waals surface area contributed by atoms with E-state index in [1.807, 2.05) is 24.3 Å². The van der Waals surface area contributed by atoms with Crippen molar-refractivity contribution in [1.29, 1.82) is 0 Å². The van der Waals surface area contributed by atoms with Gasteiger partial charge in [-0.2, -0.15) is 0 Å². The van der Waals surface area contributed by atoms with Crippen LogP contribution in [0.4, 0.5) is 27.5 Å². The highest BCUT2D eigenvalue weighted by molar-refractivity contribution is 5.89. The van der Waals surface area contributed by atoms with E-state index >= 15 is 0 Å². The Balaban J connectivity index is 0.000000331. The summed E-state index contributed by atoms with van der Waals surface area (Å²) in [5, 5.41) is 45.5. The fourth-order valence-corrected chi connectivity index (χ4v) is 2.39. The molecule has 33 heavy (non-hydrogen) atoms. The van der Waals surface area contributed by atoms with Gasteiger partial charge in [0.1, 0.15) is 0 Å². The Morgan fingerprint density at radius 3 is 2.00 bits per heavy atom. The summed E-state index contributed by atoms with van der Waals surface area (Å²) in [6.45, 7) is 1.92. The molecule has 15 heteroatoms. The maximum absolute atomic E-state index is 11.0. The highest BCUT2D eigenvalue weighted by atomic mass is 16.6. The van der Waals surface area contributed by atoms with E-state index in [0.717, 1.165) is 11.3 Å². The number of ether oxygens (including phenoxy) is 1. The molecule has 3 N–H and O–H groups in total. The summed E-state index contributed by atoms with van der Waals surface area (Å²) >= 11 is 0. The Hall–Kier alpha value is -4.82. The molecule has 0 aliphatic rings. The molecule has 0 bridgehead atoms. The number of carbonyl (C=O) groups excluding carboxylic acids is 2. The summed E-state index contributed by atoms with van der Waals surface area (Å²) in [6, 6.07) is 8.37. The lowest BCUT2D eigenvalue weighted by Gasteiger charge is -2.09. The molecule has 2 aromatic carbocycles. The van der Waals surface area contributed by atoms with E-state index in [0.29, 0.717) is 25.1 Å². The van der Waals surface area contributed by atoms with Crippen LogP contribution in [0.2, 0.25) is 0 Å². The van der Waals surface area contributed by atoms with Gasteiger partial charge >= 0.3 is 17.5 Å². The molecule has 0 radical (unpaired) electrons. The van der Waals surface area contributed by atoms with E-state index in [1.165, 1.54) is 14.0 Å². The van der Waals surface area contributed by atoms with Crippen LogP contribution in [-0.4, -0.2) is 45.5 Å². The number of phenolic OH excluding ortho intramolecular Hbond substituents is 1. The average molecular weight is 465 g/mol. The van der Waals surface area contributed by atoms with Gasteiger partial charge in [0.15, 0.2) is 0 Å². The number of phenols is 1. The number of aromatic hydroxyl groups is 1.